The van der Waals surface area contributed by atoms with Gasteiger partial charge >= 0.3 is 12.1 Å². The van der Waals surface area contributed by atoms with E-state index in [2.05, 4.69) is 9.89 Å². The minimum absolute atomic E-state index is 0.00567. The molecule has 2 aromatic rings. The Labute approximate surface area is 213 Å². The van der Waals surface area contributed by atoms with Crippen molar-refractivity contribution in [1.82, 2.24) is 4.90 Å². The van der Waals surface area contributed by atoms with Crippen LogP contribution in [0.15, 0.2) is 46.8 Å². The molecule has 1 aromatic carbocycles. The number of rotatable bonds is 8. The maximum atomic E-state index is 12.5. The number of hydrogen-bond donors (Lipinski definition) is 2. The second-order valence-electron chi connectivity index (χ2n) is 8.95. The first-order valence-electron chi connectivity index (χ1n) is 11.9. The number of thiophene rings is 1. The molecule has 1 aromatic heterocycles. The smallest absolute Gasteiger partial charge is 0.414 e. The van der Waals surface area contributed by atoms with Crippen molar-refractivity contribution < 1.29 is 29.0 Å². The number of carbonyl (C=O) groups is 3. The lowest BCUT2D eigenvalue weighted by Crippen LogP contribution is -2.48. The van der Waals surface area contributed by atoms with E-state index in [1.807, 2.05) is 0 Å². The summed E-state index contributed by atoms with van der Waals surface area (Å²) in [5, 5.41) is 12.5. The lowest BCUT2D eigenvalue weighted by Gasteiger charge is -2.38. The summed E-state index contributed by atoms with van der Waals surface area (Å²) in [7, 11) is 0. The van der Waals surface area contributed by atoms with E-state index in [1.165, 1.54) is 11.3 Å². The number of nitrogens with zero attached hydrogens (tertiary/aromatic N) is 3. The minimum Gasteiger partial charge on any atom is -0.466 e. The van der Waals surface area contributed by atoms with Crippen molar-refractivity contribution in [3.05, 3.63) is 52.2 Å². The van der Waals surface area contributed by atoms with Gasteiger partial charge in [-0.05, 0) is 55.5 Å². The van der Waals surface area contributed by atoms with Gasteiger partial charge in [0.25, 0.3) is 5.91 Å². The number of nitrogens with two attached hydrogens (primary N) is 1. The van der Waals surface area contributed by atoms with Crippen molar-refractivity contribution in [2.75, 3.05) is 37.7 Å². The van der Waals surface area contributed by atoms with Crippen LogP contribution in [-0.4, -0.2) is 78.3 Å². The fraction of sp³-hybridized carbons (Fsp3) is 0.440. The Morgan fingerprint density at radius 1 is 1.25 bits per heavy atom. The molecule has 3 N–H and O–H groups in total. The van der Waals surface area contributed by atoms with Crippen LogP contribution in [0.5, 0.6) is 0 Å². The Hall–Kier alpha value is -3.28. The summed E-state index contributed by atoms with van der Waals surface area (Å²) >= 11 is 1.30. The standard InChI is InChI=1S/C25H30N4O6S/c1-2-34-21(30)14-25(33)9-11-28(12-10-25)15-19-16-29(24(32)35-19)18-7-5-17(6-8-18)22(26)27-23(31)20-4-3-13-36-20/h3-8,13,19,33H,2,9-12,14-16H2,1H3,(H2,26,27,31). The van der Waals surface area contributed by atoms with E-state index in [0.29, 0.717) is 61.8 Å². The molecule has 2 amide bonds. The molecule has 2 fully saturated rings. The summed E-state index contributed by atoms with van der Waals surface area (Å²) in [6.45, 7) is 4.17. The number of amidine groups is 1. The van der Waals surface area contributed by atoms with Gasteiger partial charge < -0.3 is 20.3 Å². The fourth-order valence-corrected chi connectivity index (χ4v) is 4.97. The zero-order valence-electron chi connectivity index (χ0n) is 20.1. The van der Waals surface area contributed by atoms with Gasteiger partial charge in [-0.25, -0.2) is 4.79 Å². The maximum Gasteiger partial charge on any atom is 0.414 e. The average Bonchev–Trinajstić information content (AvgIpc) is 3.51. The Bertz CT molecular complexity index is 1110. The van der Waals surface area contributed by atoms with Crippen molar-refractivity contribution in [1.29, 1.82) is 0 Å². The number of aliphatic imine (C=N–C) groups is 1. The second-order valence-corrected chi connectivity index (χ2v) is 9.90. The monoisotopic (exact) mass is 514 g/mol. The lowest BCUT2D eigenvalue weighted by molar-refractivity contribution is -0.150. The van der Waals surface area contributed by atoms with Crippen LogP contribution in [0.4, 0.5) is 10.5 Å². The molecule has 10 nitrogen and oxygen atoms in total. The third kappa shape index (κ3) is 6.28. The number of likely N-dealkylation sites (tertiary alicyclic amines) is 1. The van der Waals surface area contributed by atoms with Gasteiger partial charge in [-0.15, -0.1) is 11.3 Å². The van der Waals surface area contributed by atoms with Gasteiger partial charge in [0.2, 0.25) is 0 Å². The highest BCUT2D eigenvalue weighted by Gasteiger charge is 2.38. The highest BCUT2D eigenvalue weighted by molar-refractivity contribution is 7.12. The van der Waals surface area contributed by atoms with Crippen LogP contribution in [0, 0.1) is 0 Å². The number of esters is 1. The number of benzene rings is 1. The molecule has 0 bridgehead atoms. The van der Waals surface area contributed by atoms with E-state index in [1.54, 1.807) is 53.6 Å². The van der Waals surface area contributed by atoms with E-state index >= 15 is 0 Å². The zero-order chi connectivity index (χ0) is 25.7. The number of piperidine rings is 1. The van der Waals surface area contributed by atoms with Crippen molar-refractivity contribution in [2.45, 2.75) is 37.9 Å². The highest BCUT2D eigenvalue weighted by Crippen LogP contribution is 2.28. The molecule has 0 radical (unpaired) electrons. The molecule has 1 unspecified atom stereocenters. The van der Waals surface area contributed by atoms with Crippen LogP contribution in [0.2, 0.25) is 0 Å². The van der Waals surface area contributed by atoms with Gasteiger partial charge in [-0.1, -0.05) is 6.07 Å². The summed E-state index contributed by atoms with van der Waals surface area (Å²) < 4.78 is 10.5. The first-order valence-corrected chi connectivity index (χ1v) is 12.8. The minimum atomic E-state index is -1.05. The third-order valence-corrected chi connectivity index (χ3v) is 7.19. The van der Waals surface area contributed by atoms with Crippen LogP contribution < -0.4 is 10.6 Å². The van der Waals surface area contributed by atoms with Crippen molar-refractivity contribution in [3.63, 3.8) is 0 Å². The van der Waals surface area contributed by atoms with Crippen LogP contribution in [-0.2, 0) is 14.3 Å². The number of aliphatic hydroxyl groups is 1. The van der Waals surface area contributed by atoms with Gasteiger partial charge in [-0.2, -0.15) is 4.99 Å². The SMILES string of the molecule is CCOC(=O)CC1(O)CCN(CC2CN(c3ccc(C(N)=NC(=O)c4cccs4)cc3)C(=O)O2)CC1. The molecule has 2 saturated heterocycles. The summed E-state index contributed by atoms with van der Waals surface area (Å²) in [4.78, 5) is 44.6. The van der Waals surface area contributed by atoms with E-state index in [-0.39, 0.29) is 24.3 Å². The Morgan fingerprint density at radius 3 is 2.61 bits per heavy atom. The Kier molecular flexibility index (Phi) is 8.02. The molecule has 0 saturated carbocycles. The summed E-state index contributed by atoms with van der Waals surface area (Å²) in [6.07, 6.45) is 0.154. The molecule has 36 heavy (non-hydrogen) atoms. The van der Waals surface area contributed by atoms with E-state index in [0.717, 1.165) is 0 Å². The molecule has 1 atom stereocenters. The number of ether oxygens (including phenoxy) is 2. The van der Waals surface area contributed by atoms with Crippen LogP contribution in [0.25, 0.3) is 0 Å². The van der Waals surface area contributed by atoms with Gasteiger partial charge in [0, 0.05) is 30.9 Å². The molecule has 4 rings (SSSR count). The number of carbonyl (C=O) groups excluding carboxylic acids is 3. The Morgan fingerprint density at radius 2 is 1.97 bits per heavy atom. The first kappa shape index (κ1) is 25.8. The largest absolute Gasteiger partial charge is 0.466 e. The third-order valence-electron chi connectivity index (χ3n) is 6.33. The van der Waals surface area contributed by atoms with Crippen molar-refractivity contribution in [2.24, 2.45) is 10.7 Å². The maximum absolute atomic E-state index is 12.5. The number of anilines is 1. The predicted octanol–water partition coefficient (Wildman–Crippen LogP) is 2.40. The second kappa shape index (κ2) is 11.2. The molecule has 2 aliphatic heterocycles. The summed E-state index contributed by atoms with van der Waals surface area (Å²) in [6, 6.07) is 10.4. The zero-order valence-corrected chi connectivity index (χ0v) is 20.9. The molecule has 192 valence electrons. The lowest BCUT2D eigenvalue weighted by atomic mass is 9.88. The molecule has 2 aliphatic rings. The number of hydrogen-bond acceptors (Lipinski definition) is 8. The molecule has 0 spiro atoms. The number of cyclic esters (lactones) is 1. The van der Waals surface area contributed by atoms with Crippen LogP contribution in [0.3, 0.4) is 0 Å². The molecule has 3 heterocycles. The molecule has 11 heteroatoms. The van der Waals surface area contributed by atoms with Gasteiger partial charge in [0.1, 0.15) is 11.9 Å². The molecular weight excluding hydrogens is 484 g/mol. The summed E-state index contributed by atoms with van der Waals surface area (Å²) in [5.74, 6) is -0.675. The first-order chi connectivity index (χ1) is 17.3. The van der Waals surface area contributed by atoms with Crippen LogP contribution in [0.1, 0.15) is 41.4 Å². The quantitative estimate of drug-likeness (QED) is 0.312. The topological polar surface area (TPSA) is 135 Å². The number of amides is 2. The van der Waals surface area contributed by atoms with E-state index < -0.39 is 17.6 Å². The fourth-order valence-electron chi connectivity index (χ4n) is 4.37. The van der Waals surface area contributed by atoms with Gasteiger partial charge in [0.15, 0.2) is 0 Å². The Balaban J connectivity index is 1.30. The van der Waals surface area contributed by atoms with Crippen molar-refractivity contribution >= 4 is 40.8 Å². The van der Waals surface area contributed by atoms with E-state index in [9.17, 15) is 19.5 Å². The van der Waals surface area contributed by atoms with Gasteiger partial charge in [0.05, 0.1) is 30.1 Å². The van der Waals surface area contributed by atoms with Gasteiger partial charge in [-0.3, -0.25) is 19.4 Å². The molecular formula is C25H30N4O6S. The molecule has 0 aliphatic carbocycles. The van der Waals surface area contributed by atoms with Crippen molar-refractivity contribution in [3.8, 4) is 0 Å². The van der Waals surface area contributed by atoms with Crippen LogP contribution >= 0.6 is 11.3 Å². The summed E-state index contributed by atoms with van der Waals surface area (Å²) in [5.41, 5.74) is 6.18. The highest BCUT2D eigenvalue weighted by atomic mass is 32.1. The predicted molar refractivity (Wildman–Crippen MR) is 135 cm³/mol. The van der Waals surface area contributed by atoms with E-state index in [4.69, 9.17) is 15.2 Å². The normalized spacial score (nSPS) is 20.3. The average molecular weight is 515 g/mol.